The van der Waals surface area contributed by atoms with E-state index in [-0.39, 0.29) is 18.7 Å². The van der Waals surface area contributed by atoms with Crippen LogP contribution < -0.4 is 20.5 Å². The van der Waals surface area contributed by atoms with Gasteiger partial charge in [0, 0.05) is 33.1 Å². The number of aromatic amines is 1. The van der Waals surface area contributed by atoms with Gasteiger partial charge < -0.3 is 25.5 Å². The SMILES string of the molecule is Cc1ncc2ccc(C(=O)NC(CCN)c3ccc(-c4ccc5c(c4-c4cc6ccnnc6[nH]4)OCO5)c(Cl)c3)cc2n1. The first kappa shape index (κ1) is 26.8. The molecule has 0 fully saturated rings. The molecule has 3 aromatic carbocycles. The molecule has 43 heavy (non-hydrogen) atoms. The van der Waals surface area contributed by atoms with Crippen LogP contribution >= 0.6 is 11.6 Å². The first-order valence-electron chi connectivity index (χ1n) is 13.8. The first-order chi connectivity index (χ1) is 21.0. The topological polar surface area (TPSA) is 141 Å². The Kier molecular flexibility index (Phi) is 6.84. The van der Waals surface area contributed by atoms with E-state index in [0.717, 1.165) is 38.7 Å². The summed E-state index contributed by atoms with van der Waals surface area (Å²) in [5.74, 6) is 1.69. The van der Waals surface area contributed by atoms with E-state index in [0.29, 0.717) is 52.0 Å². The maximum atomic E-state index is 13.3. The zero-order valence-corrected chi connectivity index (χ0v) is 23.9. The third-order valence-corrected chi connectivity index (χ3v) is 7.84. The molecule has 1 aliphatic rings. The molecule has 1 aliphatic heterocycles. The number of H-pyrrole nitrogens is 1. The van der Waals surface area contributed by atoms with Crippen molar-refractivity contribution in [3.05, 3.63) is 95.0 Å². The van der Waals surface area contributed by atoms with Crippen LogP contribution in [0.5, 0.6) is 11.5 Å². The molecule has 4 N–H and O–H groups in total. The average molecular weight is 592 g/mol. The molecule has 0 bridgehead atoms. The number of hydrogen-bond acceptors (Lipinski definition) is 8. The third kappa shape index (κ3) is 5.00. The molecule has 1 atom stereocenters. The van der Waals surface area contributed by atoms with Crippen LogP contribution in [0.1, 0.15) is 34.2 Å². The minimum Gasteiger partial charge on any atom is -0.454 e. The van der Waals surface area contributed by atoms with Crippen molar-refractivity contribution in [1.82, 2.24) is 30.5 Å². The molecule has 1 amide bonds. The lowest BCUT2D eigenvalue weighted by Gasteiger charge is -2.20. The van der Waals surface area contributed by atoms with Crippen molar-refractivity contribution in [2.45, 2.75) is 19.4 Å². The van der Waals surface area contributed by atoms with Gasteiger partial charge in [0.15, 0.2) is 17.1 Å². The molecule has 3 aromatic heterocycles. The summed E-state index contributed by atoms with van der Waals surface area (Å²) in [4.78, 5) is 25.3. The Bertz CT molecular complexity index is 1990. The first-order valence-corrected chi connectivity index (χ1v) is 14.1. The largest absolute Gasteiger partial charge is 0.454 e. The fourth-order valence-electron chi connectivity index (χ4n) is 5.43. The maximum Gasteiger partial charge on any atom is 0.251 e. The van der Waals surface area contributed by atoms with Crippen LogP contribution in [0.15, 0.2) is 73.1 Å². The van der Waals surface area contributed by atoms with Crippen LogP contribution in [-0.4, -0.2) is 44.4 Å². The van der Waals surface area contributed by atoms with Gasteiger partial charge in [-0.05, 0) is 73.5 Å². The highest BCUT2D eigenvalue weighted by molar-refractivity contribution is 6.33. The number of carbonyl (C=O) groups is 1. The fourth-order valence-corrected chi connectivity index (χ4v) is 5.72. The van der Waals surface area contributed by atoms with Gasteiger partial charge in [0.05, 0.1) is 29.0 Å². The number of ether oxygens (including phenoxy) is 2. The highest BCUT2D eigenvalue weighted by atomic mass is 35.5. The Morgan fingerprint density at radius 3 is 2.79 bits per heavy atom. The third-order valence-electron chi connectivity index (χ3n) is 7.53. The Labute approximate surface area is 251 Å². The summed E-state index contributed by atoms with van der Waals surface area (Å²) in [6.07, 6.45) is 3.93. The van der Waals surface area contributed by atoms with Crippen molar-refractivity contribution in [3.63, 3.8) is 0 Å². The van der Waals surface area contributed by atoms with Gasteiger partial charge in [-0.15, -0.1) is 5.10 Å². The molecular weight excluding hydrogens is 566 g/mol. The van der Waals surface area contributed by atoms with Gasteiger partial charge >= 0.3 is 0 Å². The van der Waals surface area contributed by atoms with Gasteiger partial charge in [-0.2, -0.15) is 5.10 Å². The molecule has 6 aromatic rings. The lowest BCUT2D eigenvalue weighted by Crippen LogP contribution is -2.30. The standard InChI is InChI=1S/C32H26ClN7O3/c1-17-35-15-21-3-2-20(14-26(21)37-17)32(41)39-25(8-10-34)18-4-5-22(24(33)12-18)23-6-7-28-30(43-16-42-28)29(23)27-13-19-9-11-36-40-31(19)38-27/h2-7,9,11-15,25H,8,10,16,34H2,1H3,(H,38,40)(H,39,41). The Morgan fingerprint density at radius 2 is 1.95 bits per heavy atom. The second kappa shape index (κ2) is 11.0. The van der Waals surface area contributed by atoms with Gasteiger partial charge in [0.1, 0.15) is 5.82 Å². The zero-order chi connectivity index (χ0) is 29.5. The van der Waals surface area contributed by atoms with Crippen LogP contribution in [0.4, 0.5) is 0 Å². The van der Waals surface area contributed by atoms with E-state index in [1.165, 1.54) is 0 Å². The molecule has 10 nitrogen and oxygen atoms in total. The smallest absolute Gasteiger partial charge is 0.251 e. The number of rotatable bonds is 7. The van der Waals surface area contributed by atoms with E-state index in [1.54, 1.807) is 24.5 Å². The second-order valence-electron chi connectivity index (χ2n) is 10.3. The molecular formula is C32H26ClN7O3. The Balaban J connectivity index is 1.23. The number of benzene rings is 3. The lowest BCUT2D eigenvalue weighted by molar-refractivity contribution is 0.0935. The van der Waals surface area contributed by atoms with Crippen LogP contribution in [0.25, 0.3) is 44.3 Å². The van der Waals surface area contributed by atoms with Crippen LogP contribution in [0.2, 0.25) is 5.02 Å². The number of nitrogens with zero attached hydrogens (tertiary/aromatic N) is 4. The van der Waals surface area contributed by atoms with Crippen molar-refractivity contribution in [2.75, 3.05) is 13.3 Å². The van der Waals surface area contributed by atoms with Gasteiger partial charge in [0.2, 0.25) is 6.79 Å². The molecule has 0 radical (unpaired) electrons. The minimum absolute atomic E-state index is 0.128. The lowest BCUT2D eigenvalue weighted by atomic mass is 9.93. The van der Waals surface area contributed by atoms with Crippen molar-refractivity contribution >= 4 is 39.4 Å². The summed E-state index contributed by atoms with van der Waals surface area (Å²) in [5, 5.41) is 13.6. The number of aryl methyl sites for hydroxylation is 1. The number of amides is 1. The van der Waals surface area contributed by atoms with E-state index < -0.39 is 0 Å². The Morgan fingerprint density at radius 1 is 1.07 bits per heavy atom. The monoisotopic (exact) mass is 591 g/mol. The Hall–Kier alpha value is -5.06. The van der Waals surface area contributed by atoms with Gasteiger partial charge in [0.25, 0.3) is 5.91 Å². The molecule has 0 spiro atoms. The van der Waals surface area contributed by atoms with Crippen LogP contribution in [0.3, 0.4) is 0 Å². The highest BCUT2D eigenvalue weighted by Crippen LogP contribution is 2.48. The minimum atomic E-state index is -0.351. The van der Waals surface area contributed by atoms with E-state index in [1.807, 2.05) is 55.5 Å². The summed E-state index contributed by atoms with van der Waals surface area (Å²) in [7, 11) is 0. The highest BCUT2D eigenvalue weighted by Gasteiger charge is 2.26. The van der Waals surface area contributed by atoms with E-state index in [2.05, 4.69) is 30.5 Å². The predicted octanol–water partition coefficient (Wildman–Crippen LogP) is 5.75. The summed E-state index contributed by atoms with van der Waals surface area (Å²) in [6.45, 7) is 2.32. The van der Waals surface area contributed by atoms with Crippen LogP contribution in [0, 0.1) is 6.92 Å². The fraction of sp³-hybridized carbons (Fsp3) is 0.156. The number of fused-ring (bicyclic) bond motifs is 3. The summed E-state index contributed by atoms with van der Waals surface area (Å²) >= 11 is 6.97. The predicted molar refractivity (Wildman–Crippen MR) is 164 cm³/mol. The van der Waals surface area contributed by atoms with Gasteiger partial charge in [-0.3, -0.25) is 4.79 Å². The normalized spacial score (nSPS) is 13.0. The number of hydrogen-bond donors (Lipinski definition) is 3. The van der Waals surface area contributed by atoms with Crippen molar-refractivity contribution in [3.8, 4) is 33.9 Å². The van der Waals surface area contributed by atoms with E-state index in [4.69, 9.17) is 26.8 Å². The molecule has 0 saturated carbocycles. The van der Waals surface area contributed by atoms with Crippen molar-refractivity contribution in [1.29, 1.82) is 0 Å². The van der Waals surface area contributed by atoms with Gasteiger partial charge in [-0.25, -0.2) is 9.97 Å². The molecule has 1 unspecified atom stereocenters. The van der Waals surface area contributed by atoms with Crippen LogP contribution in [-0.2, 0) is 0 Å². The van der Waals surface area contributed by atoms with Crippen molar-refractivity contribution in [2.24, 2.45) is 5.73 Å². The molecule has 7 rings (SSSR count). The summed E-state index contributed by atoms with van der Waals surface area (Å²) < 4.78 is 11.6. The number of aromatic nitrogens is 5. The number of halogens is 1. The number of nitrogens with one attached hydrogen (secondary N) is 2. The number of carbonyl (C=O) groups excluding carboxylic acids is 1. The molecule has 4 heterocycles. The molecule has 0 aliphatic carbocycles. The summed E-state index contributed by atoms with van der Waals surface area (Å²) in [5.41, 5.74) is 11.9. The molecule has 11 heteroatoms. The zero-order valence-electron chi connectivity index (χ0n) is 23.1. The second-order valence-corrected chi connectivity index (χ2v) is 10.7. The average Bonchev–Trinajstić information content (AvgIpc) is 3.67. The van der Waals surface area contributed by atoms with E-state index >= 15 is 0 Å². The number of nitrogens with two attached hydrogens (primary N) is 1. The quantitative estimate of drug-likeness (QED) is 0.213. The molecule has 214 valence electrons. The molecule has 0 saturated heterocycles. The maximum absolute atomic E-state index is 13.3. The van der Waals surface area contributed by atoms with E-state index in [9.17, 15) is 4.79 Å². The summed E-state index contributed by atoms with van der Waals surface area (Å²) in [6, 6.07) is 18.5. The van der Waals surface area contributed by atoms with Crippen molar-refractivity contribution < 1.29 is 14.3 Å². The van der Waals surface area contributed by atoms with Gasteiger partial charge in [-0.1, -0.05) is 29.8 Å².